The average molecular weight is 246 g/mol. The minimum absolute atomic E-state index is 0.226. The van der Waals surface area contributed by atoms with Crippen molar-refractivity contribution in [3.8, 4) is 0 Å². The molecule has 2 aliphatic rings. The molecule has 1 aliphatic heterocycles. The van der Waals surface area contributed by atoms with Gasteiger partial charge in [0.05, 0.1) is 11.5 Å². The van der Waals surface area contributed by atoms with Crippen molar-refractivity contribution in [1.29, 1.82) is 0 Å². The lowest BCUT2D eigenvalue weighted by Gasteiger charge is -2.43. The molecule has 0 radical (unpaired) electrons. The summed E-state index contributed by atoms with van der Waals surface area (Å²) in [6.45, 7) is 3.60. The molecule has 2 fully saturated rings. The number of nitrogens with two attached hydrogens (primary N) is 1. The summed E-state index contributed by atoms with van der Waals surface area (Å²) in [6.07, 6.45) is 4.35. The van der Waals surface area contributed by atoms with Crippen molar-refractivity contribution >= 4 is 9.84 Å². The largest absolute Gasteiger partial charge is 0.330 e. The van der Waals surface area contributed by atoms with Gasteiger partial charge in [-0.05, 0) is 38.1 Å². The second-order valence-electron chi connectivity index (χ2n) is 5.81. The van der Waals surface area contributed by atoms with Crippen LogP contribution in [0.4, 0.5) is 0 Å². The lowest BCUT2D eigenvalue weighted by molar-refractivity contribution is 0.127. The Morgan fingerprint density at radius 2 is 2.00 bits per heavy atom. The first kappa shape index (κ1) is 12.3. The second kappa shape index (κ2) is 3.96. The van der Waals surface area contributed by atoms with Crippen LogP contribution >= 0.6 is 0 Å². The molecule has 16 heavy (non-hydrogen) atoms. The van der Waals surface area contributed by atoms with Crippen molar-refractivity contribution in [1.82, 2.24) is 5.32 Å². The zero-order valence-corrected chi connectivity index (χ0v) is 10.8. The molecule has 0 aromatic heterocycles. The van der Waals surface area contributed by atoms with Gasteiger partial charge in [-0.1, -0.05) is 6.42 Å². The summed E-state index contributed by atoms with van der Waals surface area (Å²) in [7, 11) is -2.81. The van der Waals surface area contributed by atoms with Crippen LogP contribution in [0.25, 0.3) is 0 Å². The van der Waals surface area contributed by atoms with E-state index >= 15 is 0 Å². The van der Waals surface area contributed by atoms with E-state index in [1.165, 1.54) is 19.3 Å². The lowest BCUT2D eigenvalue weighted by Crippen LogP contribution is -2.53. The molecule has 2 rings (SSSR count). The van der Waals surface area contributed by atoms with Crippen molar-refractivity contribution in [2.45, 2.75) is 38.1 Å². The van der Waals surface area contributed by atoms with Crippen LogP contribution in [0.1, 0.15) is 32.6 Å². The molecule has 1 aliphatic carbocycles. The van der Waals surface area contributed by atoms with Gasteiger partial charge in [0.15, 0.2) is 9.84 Å². The standard InChI is InChI=1S/C11H22N2O2S/c1-10(5-6-16(14,15)9-10)13-8-11(7-12)3-2-4-11/h13H,2-9,12H2,1H3. The van der Waals surface area contributed by atoms with Crippen LogP contribution in [0.3, 0.4) is 0 Å². The summed E-state index contributed by atoms with van der Waals surface area (Å²) in [5.41, 5.74) is 5.81. The molecule has 4 nitrogen and oxygen atoms in total. The Morgan fingerprint density at radius 1 is 1.31 bits per heavy atom. The number of rotatable bonds is 4. The summed E-state index contributed by atoms with van der Waals surface area (Å²) in [5.74, 6) is 0.604. The highest BCUT2D eigenvalue weighted by Crippen LogP contribution is 2.40. The predicted molar refractivity (Wildman–Crippen MR) is 65.0 cm³/mol. The fourth-order valence-corrected chi connectivity index (χ4v) is 4.80. The summed E-state index contributed by atoms with van der Waals surface area (Å²) in [5, 5.41) is 3.45. The summed E-state index contributed by atoms with van der Waals surface area (Å²) >= 11 is 0. The van der Waals surface area contributed by atoms with E-state index in [1.54, 1.807) is 0 Å². The van der Waals surface area contributed by atoms with Crippen molar-refractivity contribution in [3.63, 3.8) is 0 Å². The fourth-order valence-electron chi connectivity index (χ4n) is 2.68. The molecule has 5 heteroatoms. The summed E-state index contributed by atoms with van der Waals surface area (Å²) in [4.78, 5) is 0. The molecule has 0 aromatic rings. The molecule has 0 bridgehead atoms. The Balaban J connectivity index is 1.91. The Bertz CT molecular complexity index is 357. The molecular weight excluding hydrogens is 224 g/mol. The molecule has 1 saturated heterocycles. The van der Waals surface area contributed by atoms with E-state index in [0.717, 1.165) is 13.0 Å². The van der Waals surface area contributed by atoms with E-state index in [2.05, 4.69) is 5.32 Å². The topological polar surface area (TPSA) is 72.2 Å². The van der Waals surface area contributed by atoms with E-state index in [1.807, 2.05) is 6.92 Å². The first-order chi connectivity index (χ1) is 7.39. The smallest absolute Gasteiger partial charge is 0.152 e. The Morgan fingerprint density at radius 3 is 2.38 bits per heavy atom. The highest BCUT2D eigenvalue weighted by molar-refractivity contribution is 7.91. The quantitative estimate of drug-likeness (QED) is 0.747. The normalized spacial score (nSPS) is 35.9. The number of sulfone groups is 1. The van der Waals surface area contributed by atoms with Crippen LogP contribution in [-0.4, -0.2) is 38.6 Å². The number of hydrogen-bond acceptors (Lipinski definition) is 4. The van der Waals surface area contributed by atoms with Crippen molar-refractivity contribution in [2.24, 2.45) is 11.1 Å². The molecule has 0 aromatic carbocycles. The van der Waals surface area contributed by atoms with E-state index in [4.69, 9.17) is 5.73 Å². The molecule has 0 spiro atoms. The predicted octanol–water partition coefficient (Wildman–Crippen LogP) is 0.282. The SMILES string of the molecule is CC1(NCC2(CN)CCC2)CCS(=O)(=O)C1. The molecule has 1 atom stereocenters. The third-order valence-corrected chi connectivity index (χ3v) is 6.14. The minimum atomic E-state index is -2.81. The highest BCUT2D eigenvalue weighted by atomic mass is 32.2. The third kappa shape index (κ3) is 2.41. The third-order valence-electron chi connectivity index (χ3n) is 4.24. The fraction of sp³-hybridized carbons (Fsp3) is 1.00. The lowest BCUT2D eigenvalue weighted by atomic mass is 9.68. The van der Waals surface area contributed by atoms with Gasteiger partial charge < -0.3 is 11.1 Å². The van der Waals surface area contributed by atoms with Gasteiger partial charge in [0, 0.05) is 12.1 Å². The molecule has 0 amide bonds. The molecule has 3 N–H and O–H groups in total. The molecule has 1 unspecified atom stereocenters. The Labute approximate surface area is 97.9 Å². The van der Waals surface area contributed by atoms with Gasteiger partial charge in [-0.3, -0.25) is 0 Å². The van der Waals surface area contributed by atoms with Crippen LogP contribution < -0.4 is 11.1 Å². The molecule has 1 saturated carbocycles. The maximum atomic E-state index is 11.5. The second-order valence-corrected chi connectivity index (χ2v) is 8.00. The van der Waals surface area contributed by atoms with Crippen LogP contribution in [-0.2, 0) is 9.84 Å². The van der Waals surface area contributed by atoms with Crippen LogP contribution in [0.15, 0.2) is 0 Å². The maximum absolute atomic E-state index is 11.5. The number of nitrogens with one attached hydrogen (secondary N) is 1. The Hall–Kier alpha value is -0.130. The van der Waals surface area contributed by atoms with Crippen LogP contribution in [0, 0.1) is 5.41 Å². The minimum Gasteiger partial charge on any atom is -0.330 e. The van der Waals surface area contributed by atoms with Crippen LogP contribution in [0.2, 0.25) is 0 Å². The van der Waals surface area contributed by atoms with E-state index in [-0.39, 0.29) is 16.7 Å². The van der Waals surface area contributed by atoms with Gasteiger partial charge in [-0.25, -0.2) is 8.42 Å². The van der Waals surface area contributed by atoms with Gasteiger partial charge in [-0.2, -0.15) is 0 Å². The summed E-state index contributed by atoms with van der Waals surface area (Å²) in [6, 6.07) is 0. The molecular formula is C11H22N2O2S. The van der Waals surface area contributed by atoms with Crippen molar-refractivity contribution in [3.05, 3.63) is 0 Å². The van der Waals surface area contributed by atoms with Crippen molar-refractivity contribution < 1.29 is 8.42 Å². The van der Waals surface area contributed by atoms with E-state index < -0.39 is 9.84 Å². The molecule has 1 heterocycles. The van der Waals surface area contributed by atoms with Gasteiger partial charge in [0.25, 0.3) is 0 Å². The number of hydrogen-bond donors (Lipinski definition) is 2. The van der Waals surface area contributed by atoms with Crippen molar-refractivity contribution in [2.75, 3.05) is 24.6 Å². The first-order valence-corrected chi connectivity index (χ1v) is 7.87. The van der Waals surface area contributed by atoms with E-state index in [0.29, 0.717) is 12.3 Å². The molecule has 94 valence electrons. The van der Waals surface area contributed by atoms with Gasteiger partial charge in [0.2, 0.25) is 0 Å². The monoisotopic (exact) mass is 246 g/mol. The Kier molecular flexibility index (Phi) is 3.05. The van der Waals surface area contributed by atoms with E-state index in [9.17, 15) is 8.42 Å². The van der Waals surface area contributed by atoms with Gasteiger partial charge in [-0.15, -0.1) is 0 Å². The zero-order valence-electron chi connectivity index (χ0n) is 9.96. The van der Waals surface area contributed by atoms with Gasteiger partial charge >= 0.3 is 0 Å². The average Bonchev–Trinajstić information content (AvgIpc) is 2.40. The van der Waals surface area contributed by atoms with Gasteiger partial charge in [0.1, 0.15) is 0 Å². The maximum Gasteiger partial charge on any atom is 0.152 e. The summed E-state index contributed by atoms with van der Waals surface area (Å²) < 4.78 is 22.9. The van der Waals surface area contributed by atoms with Crippen LogP contribution in [0.5, 0.6) is 0 Å². The zero-order chi connectivity index (χ0) is 11.9. The highest BCUT2D eigenvalue weighted by Gasteiger charge is 2.41. The first-order valence-electron chi connectivity index (χ1n) is 6.04.